The Balaban J connectivity index is 2.87. The largest absolute Gasteiger partial charge is 0.433 e. The van der Waals surface area contributed by atoms with E-state index in [1.165, 1.54) is 0 Å². The van der Waals surface area contributed by atoms with E-state index in [-0.39, 0.29) is 11.2 Å². The molecule has 0 amide bonds. The number of anilines is 1. The summed E-state index contributed by atoms with van der Waals surface area (Å²) in [5.74, 6) is 0. The molecule has 0 bridgehead atoms. The van der Waals surface area contributed by atoms with Crippen molar-refractivity contribution in [2.45, 2.75) is 13.1 Å². The zero-order chi connectivity index (χ0) is 12.8. The topological polar surface area (TPSA) is 38.9 Å². The van der Waals surface area contributed by atoms with E-state index >= 15 is 0 Å². The van der Waals surface area contributed by atoms with Crippen LogP contribution in [0.3, 0.4) is 0 Å². The van der Waals surface area contributed by atoms with E-state index < -0.39 is 11.9 Å². The summed E-state index contributed by atoms with van der Waals surface area (Å²) in [6, 6.07) is 4.00. The fourth-order valence-electron chi connectivity index (χ4n) is 1.61. The Bertz CT molecular complexity index is 593. The standard InChI is InChI=1S/C11H8ClF3N2/c1-5-2-3-6(12)9-7(16)4-8(11(13,14)15)17-10(5)9/h2-4H,1H3,(H2,16,17). The lowest BCUT2D eigenvalue weighted by Gasteiger charge is -2.11. The van der Waals surface area contributed by atoms with Gasteiger partial charge in [0.1, 0.15) is 5.69 Å². The molecule has 0 atom stereocenters. The summed E-state index contributed by atoms with van der Waals surface area (Å²) in [5.41, 5.74) is 5.36. The number of rotatable bonds is 0. The first-order chi connectivity index (χ1) is 7.80. The van der Waals surface area contributed by atoms with Gasteiger partial charge in [0.25, 0.3) is 0 Å². The molecule has 0 aliphatic heterocycles. The SMILES string of the molecule is Cc1ccc(Cl)c2c(N)cc(C(F)(F)F)nc12. The molecular weight excluding hydrogens is 253 g/mol. The number of nitrogens with two attached hydrogens (primary N) is 1. The molecular formula is C11H8ClF3N2. The summed E-state index contributed by atoms with van der Waals surface area (Å²) in [7, 11) is 0. The molecule has 1 aromatic heterocycles. The maximum absolute atomic E-state index is 12.6. The number of halogens is 4. The summed E-state index contributed by atoms with van der Waals surface area (Å²) in [6.07, 6.45) is -4.52. The van der Waals surface area contributed by atoms with Crippen molar-refractivity contribution in [2.75, 3.05) is 5.73 Å². The van der Waals surface area contributed by atoms with Crippen LogP contribution < -0.4 is 5.73 Å². The van der Waals surface area contributed by atoms with Crippen molar-refractivity contribution < 1.29 is 13.2 Å². The normalized spacial score (nSPS) is 12.1. The molecule has 2 N–H and O–H groups in total. The minimum atomic E-state index is -4.52. The average Bonchev–Trinajstić information content (AvgIpc) is 2.21. The molecule has 90 valence electrons. The predicted molar refractivity (Wildman–Crippen MR) is 60.9 cm³/mol. The maximum atomic E-state index is 12.6. The highest BCUT2D eigenvalue weighted by Crippen LogP contribution is 2.35. The number of nitrogens with zero attached hydrogens (tertiary/aromatic N) is 1. The number of hydrogen-bond donors (Lipinski definition) is 1. The third-order valence-corrected chi connectivity index (χ3v) is 2.75. The maximum Gasteiger partial charge on any atom is 0.433 e. The van der Waals surface area contributed by atoms with Gasteiger partial charge in [0.2, 0.25) is 0 Å². The highest BCUT2D eigenvalue weighted by Gasteiger charge is 2.33. The third-order valence-electron chi connectivity index (χ3n) is 2.43. The number of hydrogen-bond acceptors (Lipinski definition) is 2. The van der Waals surface area contributed by atoms with Crippen LogP contribution >= 0.6 is 11.6 Å². The molecule has 6 heteroatoms. The number of fused-ring (bicyclic) bond motifs is 1. The first kappa shape index (κ1) is 12.0. The second kappa shape index (κ2) is 3.77. The monoisotopic (exact) mass is 260 g/mol. The van der Waals surface area contributed by atoms with Gasteiger partial charge < -0.3 is 5.73 Å². The number of aryl methyl sites for hydroxylation is 1. The van der Waals surface area contributed by atoms with Gasteiger partial charge in [-0.2, -0.15) is 13.2 Å². The Labute approximate surface area is 100 Å². The molecule has 0 aliphatic carbocycles. The predicted octanol–water partition coefficient (Wildman–Crippen LogP) is 3.80. The minimum Gasteiger partial charge on any atom is -0.398 e. The summed E-state index contributed by atoms with van der Waals surface area (Å²) < 4.78 is 37.7. The Morgan fingerprint density at radius 2 is 1.94 bits per heavy atom. The summed E-state index contributed by atoms with van der Waals surface area (Å²) in [6.45, 7) is 1.66. The molecule has 2 rings (SSSR count). The molecule has 17 heavy (non-hydrogen) atoms. The van der Waals surface area contributed by atoms with Crippen LogP contribution in [0.2, 0.25) is 5.02 Å². The Morgan fingerprint density at radius 1 is 1.29 bits per heavy atom. The molecule has 0 aliphatic rings. The summed E-state index contributed by atoms with van der Waals surface area (Å²) in [5, 5.41) is 0.656. The molecule has 1 aromatic carbocycles. The van der Waals surface area contributed by atoms with Crippen molar-refractivity contribution in [1.29, 1.82) is 0 Å². The van der Waals surface area contributed by atoms with Crippen LogP contribution in [0.5, 0.6) is 0 Å². The molecule has 0 saturated heterocycles. The van der Waals surface area contributed by atoms with Gasteiger partial charge in [-0.05, 0) is 24.6 Å². The second-order valence-electron chi connectivity index (χ2n) is 3.68. The fourth-order valence-corrected chi connectivity index (χ4v) is 1.87. The van der Waals surface area contributed by atoms with Crippen LogP contribution in [-0.2, 0) is 6.18 Å². The van der Waals surface area contributed by atoms with Gasteiger partial charge in [-0.25, -0.2) is 4.98 Å². The van der Waals surface area contributed by atoms with E-state index in [4.69, 9.17) is 17.3 Å². The van der Waals surface area contributed by atoms with Crippen LogP contribution in [0.25, 0.3) is 10.9 Å². The van der Waals surface area contributed by atoms with Gasteiger partial charge in [0, 0.05) is 11.1 Å². The zero-order valence-electron chi connectivity index (χ0n) is 8.77. The lowest BCUT2D eigenvalue weighted by molar-refractivity contribution is -0.140. The molecule has 2 aromatic rings. The number of aromatic nitrogens is 1. The average molecular weight is 261 g/mol. The molecule has 0 unspecified atom stereocenters. The lowest BCUT2D eigenvalue weighted by Crippen LogP contribution is -2.09. The fraction of sp³-hybridized carbons (Fsp3) is 0.182. The van der Waals surface area contributed by atoms with Crippen LogP contribution in [0, 0.1) is 6.92 Å². The quantitative estimate of drug-likeness (QED) is 0.782. The number of nitrogen functional groups attached to an aromatic ring is 1. The number of benzene rings is 1. The molecule has 0 fully saturated rings. The smallest absolute Gasteiger partial charge is 0.398 e. The minimum absolute atomic E-state index is 0.0176. The van der Waals surface area contributed by atoms with Crippen molar-refractivity contribution in [3.8, 4) is 0 Å². The van der Waals surface area contributed by atoms with Crippen molar-refractivity contribution in [2.24, 2.45) is 0 Å². The van der Waals surface area contributed by atoms with E-state index in [0.29, 0.717) is 16.0 Å². The lowest BCUT2D eigenvalue weighted by atomic mass is 10.1. The third kappa shape index (κ3) is 2.02. The van der Waals surface area contributed by atoms with Gasteiger partial charge in [0.15, 0.2) is 0 Å². The van der Waals surface area contributed by atoms with Crippen molar-refractivity contribution in [1.82, 2.24) is 4.98 Å². The first-order valence-electron chi connectivity index (χ1n) is 4.73. The Kier molecular flexibility index (Phi) is 2.66. The molecule has 0 radical (unpaired) electrons. The zero-order valence-corrected chi connectivity index (χ0v) is 9.52. The van der Waals surface area contributed by atoms with Gasteiger partial charge in [-0.1, -0.05) is 17.7 Å². The van der Waals surface area contributed by atoms with Gasteiger partial charge >= 0.3 is 6.18 Å². The Morgan fingerprint density at radius 3 is 2.53 bits per heavy atom. The van der Waals surface area contributed by atoms with E-state index in [9.17, 15) is 13.2 Å². The van der Waals surface area contributed by atoms with Crippen molar-refractivity contribution in [3.05, 3.63) is 34.5 Å². The van der Waals surface area contributed by atoms with E-state index in [1.807, 2.05) is 0 Å². The molecule has 1 heterocycles. The van der Waals surface area contributed by atoms with E-state index in [0.717, 1.165) is 6.07 Å². The number of alkyl halides is 3. The van der Waals surface area contributed by atoms with Gasteiger partial charge in [0.05, 0.1) is 10.5 Å². The molecule has 0 spiro atoms. The molecule has 2 nitrogen and oxygen atoms in total. The number of pyridine rings is 1. The highest BCUT2D eigenvalue weighted by atomic mass is 35.5. The van der Waals surface area contributed by atoms with Crippen molar-refractivity contribution >= 4 is 28.2 Å². The summed E-state index contributed by atoms with van der Waals surface area (Å²) >= 11 is 5.90. The summed E-state index contributed by atoms with van der Waals surface area (Å²) in [4.78, 5) is 3.58. The van der Waals surface area contributed by atoms with E-state index in [2.05, 4.69) is 4.98 Å². The van der Waals surface area contributed by atoms with Crippen LogP contribution in [0.1, 0.15) is 11.3 Å². The first-order valence-corrected chi connectivity index (χ1v) is 5.11. The van der Waals surface area contributed by atoms with Gasteiger partial charge in [-0.3, -0.25) is 0 Å². The second-order valence-corrected chi connectivity index (χ2v) is 4.09. The van der Waals surface area contributed by atoms with Gasteiger partial charge in [-0.15, -0.1) is 0 Å². The van der Waals surface area contributed by atoms with Crippen LogP contribution in [0.4, 0.5) is 18.9 Å². The van der Waals surface area contributed by atoms with Crippen LogP contribution in [-0.4, -0.2) is 4.98 Å². The molecule has 0 saturated carbocycles. The highest BCUT2D eigenvalue weighted by molar-refractivity contribution is 6.36. The van der Waals surface area contributed by atoms with E-state index in [1.54, 1.807) is 19.1 Å². The van der Waals surface area contributed by atoms with Crippen molar-refractivity contribution in [3.63, 3.8) is 0 Å². The van der Waals surface area contributed by atoms with Crippen LogP contribution in [0.15, 0.2) is 18.2 Å². The Hall–Kier alpha value is -1.49.